The molecule has 0 saturated carbocycles. The third kappa shape index (κ3) is 2.82. The van der Waals surface area contributed by atoms with Crippen LogP contribution in [0.25, 0.3) is 10.8 Å². The Kier molecular flexibility index (Phi) is 3.73. The second kappa shape index (κ2) is 5.83. The van der Waals surface area contributed by atoms with Crippen molar-refractivity contribution in [2.24, 2.45) is 0 Å². The summed E-state index contributed by atoms with van der Waals surface area (Å²) in [5.74, 6) is 1.01. The van der Waals surface area contributed by atoms with Gasteiger partial charge in [0.05, 0.1) is 0 Å². The number of rotatable bonds is 4. The van der Waals surface area contributed by atoms with E-state index in [0.717, 1.165) is 18.1 Å². The van der Waals surface area contributed by atoms with Gasteiger partial charge in [0.2, 0.25) is 0 Å². The van der Waals surface area contributed by atoms with Gasteiger partial charge in [-0.15, -0.1) is 0 Å². The minimum Gasteiger partial charge on any atom is -0.388 e. The minimum absolute atomic E-state index is 0.844. The van der Waals surface area contributed by atoms with E-state index in [1.165, 1.54) is 16.3 Å². The van der Waals surface area contributed by atoms with E-state index in [0.29, 0.717) is 0 Å². The lowest BCUT2D eigenvalue weighted by atomic mass is 10.1. The molecule has 0 bridgehead atoms. The van der Waals surface area contributed by atoms with Crippen LogP contribution >= 0.6 is 0 Å². The van der Waals surface area contributed by atoms with Crippen molar-refractivity contribution in [3.05, 3.63) is 66.4 Å². The summed E-state index contributed by atoms with van der Waals surface area (Å²) in [5.41, 5.74) is 2.38. The number of nitrogens with zero attached hydrogens (tertiary/aromatic N) is 2. The van der Waals surface area contributed by atoms with Crippen molar-refractivity contribution in [1.29, 1.82) is 0 Å². The van der Waals surface area contributed by atoms with Gasteiger partial charge in [-0.2, -0.15) is 0 Å². The molecule has 1 heterocycles. The van der Waals surface area contributed by atoms with Crippen molar-refractivity contribution >= 4 is 22.3 Å². The van der Waals surface area contributed by atoms with Gasteiger partial charge >= 0.3 is 0 Å². The first-order valence-electron chi connectivity index (χ1n) is 7.09. The summed E-state index contributed by atoms with van der Waals surface area (Å²) in [5, 5.41) is 5.57. The maximum Gasteiger partial charge on any atom is 0.136 e. The van der Waals surface area contributed by atoms with E-state index in [4.69, 9.17) is 0 Å². The molecule has 1 N–H and O–H groups in total. The third-order valence-electron chi connectivity index (χ3n) is 3.66. The van der Waals surface area contributed by atoms with Gasteiger partial charge in [0.1, 0.15) is 5.82 Å². The summed E-state index contributed by atoms with van der Waals surface area (Å²) in [6.07, 6.45) is 1.87. The highest BCUT2D eigenvalue weighted by Crippen LogP contribution is 2.27. The van der Waals surface area contributed by atoms with Crippen molar-refractivity contribution < 1.29 is 0 Å². The van der Waals surface area contributed by atoms with Gasteiger partial charge in [-0.25, -0.2) is 4.98 Å². The second-order valence-electron chi connectivity index (χ2n) is 5.16. The van der Waals surface area contributed by atoms with Gasteiger partial charge in [0, 0.05) is 37.9 Å². The molecule has 0 unspecified atom stereocenters. The van der Waals surface area contributed by atoms with E-state index in [1.54, 1.807) is 0 Å². The molecule has 0 atom stereocenters. The summed E-state index contributed by atoms with van der Waals surface area (Å²) < 4.78 is 0. The van der Waals surface area contributed by atoms with E-state index in [2.05, 4.69) is 70.8 Å². The lowest BCUT2D eigenvalue weighted by Gasteiger charge is -2.20. The Bertz CT molecular complexity index is 738. The topological polar surface area (TPSA) is 28.2 Å². The fraction of sp³-hybridized carbons (Fsp3) is 0.167. The number of fused-ring (bicyclic) bond motifs is 1. The predicted molar refractivity (Wildman–Crippen MR) is 89.8 cm³/mol. The molecule has 1 aromatic heterocycles. The van der Waals surface area contributed by atoms with Crippen LogP contribution in [0.15, 0.2) is 60.8 Å². The number of nitrogens with one attached hydrogen (secondary N) is 1. The third-order valence-corrected chi connectivity index (χ3v) is 3.66. The zero-order chi connectivity index (χ0) is 14.7. The van der Waals surface area contributed by atoms with Crippen molar-refractivity contribution in [3.63, 3.8) is 0 Å². The van der Waals surface area contributed by atoms with E-state index in [1.807, 2.05) is 19.3 Å². The van der Waals surface area contributed by atoms with E-state index in [-0.39, 0.29) is 0 Å². The molecule has 3 nitrogen and oxygen atoms in total. The molecule has 0 saturated heterocycles. The average Bonchev–Trinajstić information content (AvgIpc) is 2.54. The monoisotopic (exact) mass is 277 g/mol. The fourth-order valence-corrected chi connectivity index (χ4v) is 2.54. The van der Waals surface area contributed by atoms with Crippen LogP contribution < -0.4 is 10.2 Å². The van der Waals surface area contributed by atoms with Gasteiger partial charge in [-0.05, 0) is 29.1 Å². The highest BCUT2D eigenvalue weighted by Gasteiger charge is 2.08. The van der Waals surface area contributed by atoms with Crippen LogP contribution in [0.2, 0.25) is 0 Å². The Labute approximate surface area is 125 Å². The SMILES string of the molecule is CNc1ccc2ccnc(N(C)Cc3ccccc3)c2c1. The minimum atomic E-state index is 0.844. The highest BCUT2D eigenvalue weighted by atomic mass is 15.2. The molecule has 3 rings (SSSR count). The van der Waals surface area contributed by atoms with Crippen LogP contribution in [-0.4, -0.2) is 19.1 Å². The van der Waals surface area contributed by atoms with Crippen LogP contribution in [-0.2, 0) is 6.54 Å². The molecule has 21 heavy (non-hydrogen) atoms. The Balaban J connectivity index is 1.99. The maximum absolute atomic E-state index is 4.58. The normalized spacial score (nSPS) is 10.6. The summed E-state index contributed by atoms with van der Waals surface area (Å²) in [6, 6.07) is 18.9. The number of benzene rings is 2. The number of pyridine rings is 1. The standard InChI is InChI=1S/C18H19N3/c1-19-16-9-8-15-10-11-20-18(17(15)12-16)21(2)13-14-6-4-3-5-7-14/h3-12,19H,13H2,1-2H3. The summed E-state index contributed by atoms with van der Waals surface area (Å²) >= 11 is 0. The molecule has 0 aliphatic heterocycles. The average molecular weight is 277 g/mol. The Hall–Kier alpha value is -2.55. The summed E-state index contributed by atoms with van der Waals surface area (Å²) in [7, 11) is 4.02. The smallest absolute Gasteiger partial charge is 0.136 e. The number of anilines is 2. The zero-order valence-electron chi connectivity index (χ0n) is 12.4. The van der Waals surface area contributed by atoms with Crippen LogP contribution in [0.3, 0.4) is 0 Å². The molecule has 0 fully saturated rings. The van der Waals surface area contributed by atoms with E-state index < -0.39 is 0 Å². The fourth-order valence-electron chi connectivity index (χ4n) is 2.54. The van der Waals surface area contributed by atoms with Gasteiger partial charge in [-0.1, -0.05) is 36.4 Å². The van der Waals surface area contributed by atoms with Crippen LogP contribution in [0.1, 0.15) is 5.56 Å². The van der Waals surface area contributed by atoms with Crippen molar-refractivity contribution in [1.82, 2.24) is 4.98 Å². The van der Waals surface area contributed by atoms with Crippen LogP contribution in [0.4, 0.5) is 11.5 Å². The zero-order valence-corrected chi connectivity index (χ0v) is 12.4. The molecule has 0 amide bonds. The molecule has 106 valence electrons. The Morgan fingerprint density at radius 2 is 1.86 bits per heavy atom. The Morgan fingerprint density at radius 3 is 2.62 bits per heavy atom. The van der Waals surface area contributed by atoms with Gasteiger partial charge < -0.3 is 10.2 Å². The van der Waals surface area contributed by atoms with E-state index >= 15 is 0 Å². The summed E-state index contributed by atoms with van der Waals surface area (Å²) in [6.45, 7) is 0.844. The van der Waals surface area contributed by atoms with Crippen LogP contribution in [0.5, 0.6) is 0 Å². The van der Waals surface area contributed by atoms with Gasteiger partial charge in [0.15, 0.2) is 0 Å². The molecule has 0 radical (unpaired) electrons. The molecular formula is C18H19N3. The second-order valence-corrected chi connectivity index (χ2v) is 5.16. The quantitative estimate of drug-likeness (QED) is 0.783. The van der Waals surface area contributed by atoms with Gasteiger partial charge in [-0.3, -0.25) is 0 Å². The lowest BCUT2D eigenvalue weighted by Crippen LogP contribution is -2.17. The Morgan fingerprint density at radius 1 is 1.05 bits per heavy atom. The molecular weight excluding hydrogens is 258 g/mol. The molecule has 0 aliphatic carbocycles. The molecule has 3 aromatic rings. The maximum atomic E-state index is 4.58. The van der Waals surface area contributed by atoms with E-state index in [9.17, 15) is 0 Å². The van der Waals surface area contributed by atoms with Crippen molar-refractivity contribution in [2.75, 3.05) is 24.3 Å². The summed E-state index contributed by atoms with van der Waals surface area (Å²) in [4.78, 5) is 6.77. The first-order chi connectivity index (χ1) is 10.3. The van der Waals surface area contributed by atoms with Crippen LogP contribution in [0, 0.1) is 0 Å². The van der Waals surface area contributed by atoms with Gasteiger partial charge in [0.25, 0.3) is 0 Å². The molecule has 2 aromatic carbocycles. The number of hydrogen-bond acceptors (Lipinski definition) is 3. The van der Waals surface area contributed by atoms with Crippen molar-refractivity contribution in [3.8, 4) is 0 Å². The molecule has 3 heteroatoms. The lowest BCUT2D eigenvalue weighted by molar-refractivity contribution is 0.905. The first kappa shape index (κ1) is 13.4. The largest absolute Gasteiger partial charge is 0.388 e. The predicted octanol–water partition coefficient (Wildman–Crippen LogP) is 3.91. The number of aromatic nitrogens is 1. The molecule has 0 spiro atoms. The number of hydrogen-bond donors (Lipinski definition) is 1. The highest BCUT2D eigenvalue weighted by molar-refractivity contribution is 5.94. The molecule has 0 aliphatic rings. The first-order valence-corrected chi connectivity index (χ1v) is 7.09. The van der Waals surface area contributed by atoms with Crippen molar-refractivity contribution in [2.45, 2.75) is 6.54 Å².